The molecule has 1 atom stereocenters. The lowest BCUT2D eigenvalue weighted by Gasteiger charge is -2.11. The number of halogens is 3. The molecule has 0 saturated carbocycles. The molecule has 1 unspecified atom stereocenters. The van der Waals surface area contributed by atoms with Crippen LogP contribution >= 0.6 is 15.9 Å². The number of aromatic nitrogens is 1. The zero-order valence-corrected chi connectivity index (χ0v) is 11.0. The summed E-state index contributed by atoms with van der Waals surface area (Å²) >= 11 is 3.29. The van der Waals surface area contributed by atoms with Gasteiger partial charge in [0, 0.05) is 28.8 Å². The Hall–Kier alpha value is -1.33. The summed E-state index contributed by atoms with van der Waals surface area (Å²) in [6.07, 6.45) is 2.14. The van der Waals surface area contributed by atoms with E-state index in [1.807, 2.05) is 12.1 Å². The van der Waals surface area contributed by atoms with E-state index in [-0.39, 0.29) is 0 Å². The van der Waals surface area contributed by atoms with Crippen molar-refractivity contribution in [3.05, 3.63) is 63.9 Å². The van der Waals surface area contributed by atoms with Crippen LogP contribution in [0.3, 0.4) is 0 Å². The van der Waals surface area contributed by atoms with Gasteiger partial charge in [-0.3, -0.25) is 4.98 Å². The van der Waals surface area contributed by atoms with Crippen molar-refractivity contribution in [2.75, 3.05) is 0 Å². The highest BCUT2D eigenvalue weighted by molar-refractivity contribution is 9.10. The second-order valence-electron chi connectivity index (χ2n) is 3.95. The summed E-state index contributed by atoms with van der Waals surface area (Å²) in [6, 6.07) is 6.98. The Morgan fingerprint density at radius 3 is 2.56 bits per heavy atom. The quantitative estimate of drug-likeness (QED) is 0.943. The van der Waals surface area contributed by atoms with Crippen molar-refractivity contribution in [1.82, 2.24) is 4.98 Å². The van der Waals surface area contributed by atoms with Gasteiger partial charge in [-0.15, -0.1) is 0 Å². The van der Waals surface area contributed by atoms with Gasteiger partial charge in [0.2, 0.25) is 0 Å². The lowest BCUT2D eigenvalue weighted by molar-refractivity contribution is 0.505. The average Bonchev–Trinajstić information content (AvgIpc) is 2.35. The fraction of sp³-hybridized carbons (Fsp3) is 0.154. The molecule has 2 aromatic rings. The van der Waals surface area contributed by atoms with Crippen molar-refractivity contribution in [3.8, 4) is 0 Å². The van der Waals surface area contributed by atoms with Gasteiger partial charge in [0.25, 0.3) is 0 Å². The third-order valence-electron chi connectivity index (χ3n) is 2.59. The van der Waals surface area contributed by atoms with Gasteiger partial charge in [-0.2, -0.15) is 0 Å². The summed E-state index contributed by atoms with van der Waals surface area (Å²) in [6.45, 7) is 0. The number of nitrogens with two attached hydrogens (primary N) is 1. The van der Waals surface area contributed by atoms with Crippen molar-refractivity contribution in [2.24, 2.45) is 5.73 Å². The maximum Gasteiger partial charge on any atom is 0.159 e. The number of hydrogen-bond donors (Lipinski definition) is 1. The molecule has 0 spiro atoms. The van der Waals surface area contributed by atoms with Crippen LogP contribution in [0.4, 0.5) is 8.78 Å². The van der Waals surface area contributed by atoms with Crippen LogP contribution in [0, 0.1) is 11.6 Å². The number of pyridine rings is 1. The lowest BCUT2D eigenvalue weighted by atomic mass is 10.0. The first-order chi connectivity index (χ1) is 8.56. The highest BCUT2D eigenvalue weighted by atomic mass is 79.9. The Morgan fingerprint density at radius 1 is 1.17 bits per heavy atom. The van der Waals surface area contributed by atoms with Crippen molar-refractivity contribution >= 4 is 15.9 Å². The highest BCUT2D eigenvalue weighted by Gasteiger charge is 2.11. The minimum absolute atomic E-state index is 0.409. The second-order valence-corrected chi connectivity index (χ2v) is 4.87. The van der Waals surface area contributed by atoms with Gasteiger partial charge in [0.1, 0.15) is 0 Å². The number of nitrogens with zero attached hydrogens (tertiary/aromatic N) is 1. The first-order valence-corrected chi connectivity index (χ1v) is 6.16. The standard InChI is InChI=1S/C13H11BrF2N2/c14-9-2-3-10(18-7-9)6-13(17)8-1-4-11(15)12(16)5-8/h1-5,7,13H,6,17H2. The van der Waals surface area contributed by atoms with Crippen LogP contribution in [-0.4, -0.2) is 4.98 Å². The predicted molar refractivity (Wildman–Crippen MR) is 68.9 cm³/mol. The molecule has 1 aromatic carbocycles. The molecule has 1 heterocycles. The van der Waals surface area contributed by atoms with Gasteiger partial charge in [-0.25, -0.2) is 8.78 Å². The Morgan fingerprint density at radius 2 is 1.94 bits per heavy atom. The normalized spacial score (nSPS) is 12.4. The zero-order chi connectivity index (χ0) is 13.1. The van der Waals surface area contributed by atoms with Crippen LogP contribution in [0.25, 0.3) is 0 Å². The van der Waals surface area contributed by atoms with E-state index in [0.717, 1.165) is 22.3 Å². The molecule has 2 N–H and O–H groups in total. The maximum atomic E-state index is 13.1. The second kappa shape index (κ2) is 5.54. The number of benzene rings is 1. The monoisotopic (exact) mass is 312 g/mol. The summed E-state index contributed by atoms with van der Waals surface area (Å²) in [5.41, 5.74) is 7.30. The molecular weight excluding hydrogens is 302 g/mol. The van der Waals surface area contributed by atoms with E-state index in [4.69, 9.17) is 5.73 Å². The smallest absolute Gasteiger partial charge is 0.159 e. The molecule has 2 nitrogen and oxygen atoms in total. The van der Waals surface area contributed by atoms with Gasteiger partial charge >= 0.3 is 0 Å². The minimum atomic E-state index is -0.883. The van der Waals surface area contributed by atoms with Crippen LogP contribution in [0.2, 0.25) is 0 Å². The molecule has 1 aromatic heterocycles. The van der Waals surface area contributed by atoms with Crippen LogP contribution in [0.15, 0.2) is 41.0 Å². The molecule has 0 bridgehead atoms. The van der Waals surface area contributed by atoms with E-state index in [2.05, 4.69) is 20.9 Å². The van der Waals surface area contributed by atoms with Crippen LogP contribution in [0.1, 0.15) is 17.3 Å². The molecular formula is C13H11BrF2N2. The Kier molecular flexibility index (Phi) is 4.04. The number of rotatable bonds is 3. The van der Waals surface area contributed by atoms with E-state index in [1.165, 1.54) is 6.07 Å². The molecule has 2 rings (SSSR count). The number of hydrogen-bond acceptors (Lipinski definition) is 2. The molecule has 0 aliphatic rings. The van der Waals surface area contributed by atoms with Crippen LogP contribution in [-0.2, 0) is 6.42 Å². The predicted octanol–water partition coefficient (Wildman–Crippen LogP) is 3.36. The minimum Gasteiger partial charge on any atom is -0.324 e. The van der Waals surface area contributed by atoms with Crippen molar-refractivity contribution < 1.29 is 8.78 Å². The van der Waals surface area contributed by atoms with Crippen molar-refractivity contribution in [3.63, 3.8) is 0 Å². The molecule has 94 valence electrons. The largest absolute Gasteiger partial charge is 0.324 e. The SMILES string of the molecule is NC(Cc1ccc(Br)cn1)c1ccc(F)c(F)c1. The van der Waals surface area contributed by atoms with E-state index < -0.39 is 17.7 Å². The molecule has 0 aliphatic heterocycles. The van der Waals surface area contributed by atoms with E-state index in [0.29, 0.717) is 12.0 Å². The topological polar surface area (TPSA) is 38.9 Å². The summed E-state index contributed by atoms with van der Waals surface area (Å²) < 4.78 is 26.8. The van der Waals surface area contributed by atoms with Gasteiger partial charge in [0.05, 0.1) is 0 Å². The lowest BCUT2D eigenvalue weighted by Crippen LogP contribution is -2.14. The van der Waals surface area contributed by atoms with E-state index >= 15 is 0 Å². The summed E-state index contributed by atoms with van der Waals surface area (Å²) in [7, 11) is 0. The molecule has 5 heteroatoms. The molecule has 0 radical (unpaired) electrons. The van der Waals surface area contributed by atoms with Gasteiger partial charge < -0.3 is 5.73 Å². The highest BCUT2D eigenvalue weighted by Crippen LogP contribution is 2.18. The molecule has 18 heavy (non-hydrogen) atoms. The van der Waals surface area contributed by atoms with Gasteiger partial charge in [-0.05, 0) is 45.8 Å². The Labute approximate surface area is 112 Å². The summed E-state index contributed by atoms with van der Waals surface area (Å²) in [5.74, 6) is -1.75. The fourth-order valence-corrected chi connectivity index (χ4v) is 1.85. The summed E-state index contributed by atoms with van der Waals surface area (Å²) in [5, 5.41) is 0. The van der Waals surface area contributed by atoms with E-state index in [9.17, 15) is 8.78 Å². The molecule has 0 amide bonds. The Bertz CT molecular complexity index is 543. The first-order valence-electron chi connectivity index (χ1n) is 5.37. The fourth-order valence-electron chi connectivity index (χ4n) is 1.61. The molecule has 0 fully saturated rings. The molecule has 0 aliphatic carbocycles. The average molecular weight is 313 g/mol. The van der Waals surface area contributed by atoms with Gasteiger partial charge in [0.15, 0.2) is 11.6 Å². The Balaban J connectivity index is 2.13. The first kappa shape index (κ1) is 13.1. The van der Waals surface area contributed by atoms with Crippen LogP contribution in [0.5, 0.6) is 0 Å². The third kappa shape index (κ3) is 3.11. The van der Waals surface area contributed by atoms with E-state index in [1.54, 1.807) is 6.20 Å². The summed E-state index contributed by atoms with van der Waals surface area (Å²) in [4.78, 5) is 4.19. The zero-order valence-electron chi connectivity index (χ0n) is 9.41. The van der Waals surface area contributed by atoms with Gasteiger partial charge in [-0.1, -0.05) is 6.07 Å². The van der Waals surface area contributed by atoms with Crippen molar-refractivity contribution in [1.29, 1.82) is 0 Å². The molecule has 0 saturated heterocycles. The third-order valence-corrected chi connectivity index (χ3v) is 3.06. The van der Waals surface area contributed by atoms with Crippen LogP contribution < -0.4 is 5.73 Å². The maximum absolute atomic E-state index is 13.1. The van der Waals surface area contributed by atoms with Crippen molar-refractivity contribution in [2.45, 2.75) is 12.5 Å².